The number of ether oxygens (including phenoxy) is 1. The van der Waals surface area contributed by atoms with Crippen molar-refractivity contribution in [1.29, 1.82) is 0 Å². The minimum absolute atomic E-state index is 0.105. The molecule has 1 aromatic carbocycles. The maximum absolute atomic E-state index is 13.4. The molecule has 19 heavy (non-hydrogen) atoms. The van der Waals surface area contributed by atoms with Crippen molar-refractivity contribution in [2.45, 2.75) is 20.0 Å². The van der Waals surface area contributed by atoms with Crippen molar-refractivity contribution in [2.75, 3.05) is 0 Å². The maximum atomic E-state index is 13.4. The summed E-state index contributed by atoms with van der Waals surface area (Å²) in [4.78, 5) is 0. The first-order valence-corrected chi connectivity index (χ1v) is 6.60. The predicted octanol–water partition coefficient (Wildman–Crippen LogP) is 3.60. The quantitative estimate of drug-likeness (QED) is 0.856. The second kappa shape index (κ2) is 5.69. The summed E-state index contributed by atoms with van der Waals surface area (Å²) in [5, 5.41) is 4.30. The van der Waals surface area contributed by atoms with Gasteiger partial charge in [0.15, 0.2) is 11.6 Å². The number of benzene rings is 1. The number of aromatic nitrogens is 2. The summed E-state index contributed by atoms with van der Waals surface area (Å²) >= 11 is 3.44. The van der Waals surface area contributed by atoms with E-state index in [1.807, 2.05) is 6.92 Å². The second-order valence-electron chi connectivity index (χ2n) is 4.05. The summed E-state index contributed by atoms with van der Waals surface area (Å²) in [7, 11) is 1.78. The van der Waals surface area contributed by atoms with E-state index in [1.165, 1.54) is 0 Å². The Balaban J connectivity index is 2.19. The molecular weight excluding hydrogens is 318 g/mol. The van der Waals surface area contributed by atoms with Crippen molar-refractivity contribution in [3.05, 3.63) is 45.7 Å². The fourth-order valence-corrected chi connectivity index (χ4v) is 2.44. The largest absolute Gasteiger partial charge is 0.484 e. The third-order valence-corrected chi connectivity index (χ3v) is 3.68. The van der Waals surface area contributed by atoms with Crippen molar-refractivity contribution in [3.63, 3.8) is 0 Å². The third kappa shape index (κ3) is 2.94. The second-order valence-corrected chi connectivity index (χ2v) is 4.84. The number of aryl methyl sites for hydroxylation is 2. The molecule has 0 bridgehead atoms. The molecule has 1 aromatic heterocycles. The minimum atomic E-state index is -0.588. The Labute approximate surface area is 118 Å². The zero-order valence-electron chi connectivity index (χ0n) is 10.6. The van der Waals surface area contributed by atoms with Crippen LogP contribution in [0.1, 0.15) is 18.3 Å². The van der Waals surface area contributed by atoms with Gasteiger partial charge in [-0.3, -0.25) is 4.68 Å². The van der Waals surface area contributed by atoms with Crippen LogP contribution in [0.3, 0.4) is 0 Å². The molecule has 0 fully saturated rings. The van der Waals surface area contributed by atoms with Crippen LogP contribution < -0.4 is 4.74 Å². The molecule has 0 amide bonds. The molecule has 0 saturated heterocycles. The highest BCUT2D eigenvalue weighted by atomic mass is 79.9. The molecule has 1 heterocycles. The fourth-order valence-electron chi connectivity index (χ4n) is 1.71. The van der Waals surface area contributed by atoms with E-state index in [1.54, 1.807) is 11.7 Å². The zero-order valence-corrected chi connectivity index (χ0v) is 12.2. The molecule has 2 rings (SSSR count). The highest BCUT2D eigenvalue weighted by molar-refractivity contribution is 9.10. The monoisotopic (exact) mass is 330 g/mol. The summed E-state index contributed by atoms with van der Waals surface area (Å²) in [6.45, 7) is 2.11. The standard InChI is InChI=1S/C13H13BrF2N2O/c1-3-10-13(14)11(18(2)17-10)7-19-12-6-8(15)4-5-9(12)16/h4-6H,3,7H2,1-2H3. The van der Waals surface area contributed by atoms with Gasteiger partial charge >= 0.3 is 0 Å². The van der Waals surface area contributed by atoms with Gasteiger partial charge in [-0.05, 0) is 34.5 Å². The van der Waals surface area contributed by atoms with Crippen LogP contribution in [-0.2, 0) is 20.1 Å². The summed E-state index contributed by atoms with van der Waals surface area (Å²) < 4.78 is 34.3. The van der Waals surface area contributed by atoms with Crippen LogP contribution in [0.5, 0.6) is 5.75 Å². The average molecular weight is 331 g/mol. The highest BCUT2D eigenvalue weighted by Gasteiger charge is 2.14. The van der Waals surface area contributed by atoms with Crippen LogP contribution in [0, 0.1) is 11.6 Å². The lowest BCUT2D eigenvalue weighted by molar-refractivity contribution is 0.278. The van der Waals surface area contributed by atoms with Gasteiger partial charge in [0.2, 0.25) is 0 Å². The van der Waals surface area contributed by atoms with Gasteiger partial charge in [0.1, 0.15) is 12.4 Å². The molecule has 0 N–H and O–H groups in total. The van der Waals surface area contributed by atoms with Crippen molar-refractivity contribution < 1.29 is 13.5 Å². The molecule has 0 spiro atoms. The Morgan fingerprint density at radius 1 is 1.37 bits per heavy atom. The molecule has 0 radical (unpaired) electrons. The topological polar surface area (TPSA) is 27.1 Å². The van der Waals surface area contributed by atoms with Gasteiger partial charge in [0.25, 0.3) is 0 Å². The summed E-state index contributed by atoms with van der Waals surface area (Å²) in [6, 6.07) is 3.12. The van der Waals surface area contributed by atoms with E-state index in [2.05, 4.69) is 21.0 Å². The van der Waals surface area contributed by atoms with Gasteiger partial charge in [-0.2, -0.15) is 5.10 Å². The maximum Gasteiger partial charge on any atom is 0.165 e. The van der Waals surface area contributed by atoms with Crippen molar-refractivity contribution in [2.24, 2.45) is 7.05 Å². The molecule has 2 aromatic rings. The lowest BCUT2D eigenvalue weighted by atomic mass is 10.3. The first kappa shape index (κ1) is 14.0. The van der Waals surface area contributed by atoms with E-state index in [4.69, 9.17) is 4.74 Å². The van der Waals surface area contributed by atoms with Crippen LogP contribution in [0.15, 0.2) is 22.7 Å². The van der Waals surface area contributed by atoms with Gasteiger partial charge in [-0.25, -0.2) is 8.78 Å². The third-order valence-electron chi connectivity index (χ3n) is 2.76. The number of halogens is 3. The normalized spacial score (nSPS) is 10.8. The van der Waals surface area contributed by atoms with Crippen LogP contribution in [-0.4, -0.2) is 9.78 Å². The van der Waals surface area contributed by atoms with Crippen LogP contribution in [0.2, 0.25) is 0 Å². The average Bonchev–Trinajstić information content (AvgIpc) is 2.66. The first-order chi connectivity index (χ1) is 9.02. The van der Waals surface area contributed by atoms with Crippen molar-refractivity contribution in [3.8, 4) is 5.75 Å². The Kier molecular flexibility index (Phi) is 4.19. The van der Waals surface area contributed by atoms with E-state index < -0.39 is 11.6 Å². The fraction of sp³-hybridized carbons (Fsp3) is 0.308. The molecule has 6 heteroatoms. The van der Waals surface area contributed by atoms with Gasteiger partial charge in [-0.1, -0.05) is 6.92 Å². The van der Waals surface area contributed by atoms with Crippen molar-refractivity contribution in [1.82, 2.24) is 9.78 Å². The van der Waals surface area contributed by atoms with Crippen LogP contribution in [0.4, 0.5) is 8.78 Å². The SMILES string of the molecule is CCc1nn(C)c(COc2cc(F)ccc2F)c1Br. The molecular formula is C13H13BrF2N2O. The minimum Gasteiger partial charge on any atom is -0.484 e. The van der Waals surface area contributed by atoms with Crippen molar-refractivity contribution >= 4 is 15.9 Å². The van der Waals surface area contributed by atoms with Crippen LogP contribution in [0.25, 0.3) is 0 Å². The summed E-state index contributed by atoms with van der Waals surface area (Å²) in [6.07, 6.45) is 0.781. The smallest absolute Gasteiger partial charge is 0.165 e. The number of rotatable bonds is 4. The van der Waals surface area contributed by atoms with E-state index in [-0.39, 0.29) is 12.4 Å². The molecule has 0 aliphatic heterocycles. The van der Waals surface area contributed by atoms with E-state index >= 15 is 0 Å². The summed E-state index contributed by atoms with van der Waals surface area (Å²) in [5.74, 6) is -1.23. The molecule has 102 valence electrons. The molecule has 0 unspecified atom stereocenters. The molecule has 0 aliphatic carbocycles. The van der Waals surface area contributed by atoms with Gasteiger partial charge in [0, 0.05) is 13.1 Å². The Bertz CT molecular complexity index is 599. The number of nitrogens with zero attached hydrogens (tertiary/aromatic N) is 2. The van der Waals surface area contributed by atoms with Gasteiger partial charge in [0.05, 0.1) is 15.9 Å². The summed E-state index contributed by atoms with van der Waals surface area (Å²) in [5.41, 5.74) is 1.68. The molecule has 0 atom stereocenters. The zero-order chi connectivity index (χ0) is 14.0. The molecule has 0 saturated carbocycles. The molecule has 0 aliphatic rings. The Hall–Kier alpha value is -1.43. The van der Waals surface area contributed by atoms with Gasteiger partial charge in [-0.15, -0.1) is 0 Å². The predicted molar refractivity (Wildman–Crippen MR) is 71.0 cm³/mol. The Morgan fingerprint density at radius 3 is 2.74 bits per heavy atom. The number of hydrogen-bond acceptors (Lipinski definition) is 2. The first-order valence-electron chi connectivity index (χ1n) is 5.81. The number of hydrogen-bond donors (Lipinski definition) is 0. The van der Waals surface area contributed by atoms with E-state index in [9.17, 15) is 8.78 Å². The van der Waals surface area contributed by atoms with Gasteiger partial charge < -0.3 is 4.74 Å². The van der Waals surface area contributed by atoms with E-state index in [0.717, 1.165) is 40.5 Å². The van der Waals surface area contributed by atoms with E-state index in [0.29, 0.717) is 0 Å². The Morgan fingerprint density at radius 2 is 2.11 bits per heavy atom. The highest BCUT2D eigenvalue weighted by Crippen LogP contribution is 2.24. The van der Waals surface area contributed by atoms with Crippen LogP contribution >= 0.6 is 15.9 Å². The molecule has 3 nitrogen and oxygen atoms in total. The lowest BCUT2D eigenvalue weighted by Crippen LogP contribution is -2.04. The lowest BCUT2D eigenvalue weighted by Gasteiger charge is -2.08.